The topological polar surface area (TPSA) is 85.2 Å². The molecule has 1 aliphatic carbocycles. The number of rotatable bonds is 9. The molecule has 5 nitrogen and oxygen atoms in total. The number of benzene rings is 2. The van der Waals surface area contributed by atoms with Crippen molar-refractivity contribution in [3.63, 3.8) is 0 Å². The van der Waals surface area contributed by atoms with Crippen molar-refractivity contribution in [2.75, 3.05) is 0 Å². The largest absolute Gasteiger partial charge is 0.407 e. The van der Waals surface area contributed by atoms with Crippen LogP contribution in [0.25, 0.3) is 11.1 Å². The Balaban J connectivity index is 1.80. The van der Waals surface area contributed by atoms with Crippen molar-refractivity contribution in [3.8, 4) is 17.2 Å². The fraction of sp³-hybridized carbons (Fsp3) is 0.462. The zero-order chi connectivity index (χ0) is 25.1. The maximum absolute atomic E-state index is 14.0. The van der Waals surface area contributed by atoms with E-state index in [2.05, 4.69) is 10.6 Å². The summed E-state index contributed by atoms with van der Waals surface area (Å²) in [6.45, 7) is 5.15. The van der Waals surface area contributed by atoms with Gasteiger partial charge in [0, 0.05) is 0 Å². The summed E-state index contributed by atoms with van der Waals surface area (Å²) in [7, 11) is 0. The minimum Gasteiger partial charge on any atom is -0.386 e. The number of carbonyl (C=O) groups is 1. The van der Waals surface area contributed by atoms with Crippen LogP contribution in [0.1, 0.15) is 63.6 Å². The van der Waals surface area contributed by atoms with Crippen molar-refractivity contribution in [1.82, 2.24) is 10.6 Å². The first-order valence-corrected chi connectivity index (χ1v) is 11.4. The molecule has 0 radical (unpaired) electrons. The van der Waals surface area contributed by atoms with Gasteiger partial charge < -0.3 is 10.4 Å². The van der Waals surface area contributed by atoms with Crippen molar-refractivity contribution in [2.24, 2.45) is 0 Å². The van der Waals surface area contributed by atoms with E-state index in [0.717, 1.165) is 16.7 Å². The number of hydrogen-bond acceptors (Lipinski definition) is 4. The molecule has 3 N–H and O–H groups in total. The van der Waals surface area contributed by atoms with Crippen molar-refractivity contribution < 1.29 is 23.1 Å². The second-order valence-corrected chi connectivity index (χ2v) is 9.42. The van der Waals surface area contributed by atoms with Gasteiger partial charge in [-0.1, -0.05) is 61.9 Å². The molecule has 1 fully saturated rings. The van der Waals surface area contributed by atoms with E-state index < -0.39 is 35.3 Å². The molecule has 8 heteroatoms. The summed E-state index contributed by atoms with van der Waals surface area (Å²) >= 11 is 0. The molecule has 0 unspecified atom stereocenters. The van der Waals surface area contributed by atoms with Gasteiger partial charge in [0.25, 0.3) is 0 Å². The summed E-state index contributed by atoms with van der Waals surface area (Å²) in [6, 6.07) is 12.2. The van der Waals surface area contributed by atoms with E-state index in [4.69, 9.17) is 0 Å². The quantitative estimate of drug-likeness (QED) is 0.472. The van der Waals surface area contributed by atoms with Gasteiger partial charge in [-0.05, 0) is 55.4 Å². The van der Waals surface area contributed by atoms with Gasteiger partial charge in [0.15, 0.2) is 0 Å². The van der Waals surface area contributed by atoms with E-state index in [9.17, 15) is 28.3 Å². The predicted octanol–water partition coefficient (Wildman–Crippen LogP) is 5.12. The number of nitriles is 1. The molecule has 2 aromatic carbocycles. The van der Waals surface area contributed by atoms with Crippen LogP contribution in [-0.4, -0.2) is 28.8 Å². The Kier molecular flexibility index (Phi) is 7.39. The number of carbonyl (C=O) groups excluding carboxylic acids is 1. The number of halogens is 3. The van der Waals surface area contributed by atoms with Crippen LogP contribution < -0.4 is 10.6 Å². The van der Waals surface area contributed by atoms with Gasteiger partial charge in [-0.25, -0.2) is 0 Å². The fourth-order valence-corrected chi connectivity index (χ4v) is 3.81. The zero-order valence-electron chi connectivity index (χ0n) is 19.5. The number of amides is 1. The molecule has 0 heterocycles. The highest BCUT2D eigenvalue weighted by Crippen LogP contribution is 2.36. The SMILES string of the molecule is CCC[C@H](N[C@@H](c1ccc(-c2ccc(C(C)(C)O)cc2)cc1)C(F)(F)F)C(=O)NC1(C#N)CC1. The first-order chi connectivity index (χ1) is 15.9. The lowest BCUT2D eigenvalue weighted by molar-refractivity contribution is -0.161. The molecule has 2 atom stereocenters. The fourth-order valence-electron chi connectivity index (χ4n) is 3.81. The number of nitrogens with zero attached hydrogens (tertiary/aromatic N) is 1. The summed E-state index contributed by atoms with van der Waals surface area (Å²) in [4.78, 5) is 12.7. The highest BCUT2D eigenvalue weighted by molar-refractivity contribution is 5.83. The second-order valence-electron chi connectivity index (χ2n) is 9.42. The van der Waals surface area contributed by atoms with Crippen LogP contribution in [0.5, 0.6) is 0 Å². The number of alkyl halides is 3. The van der Waals surface area contributed by atoms with Gasteiger partial charge in [-0.2, -0.15) is 18.4 Å². The molecular formula is C26H30F3N3O2. The smallest absolute Gasteiger partial charge is 0.386 e. The van der Waals surface area contributed by atoms with Gasteiger partial charge in [0.2, 0.25) is 5.91 Å². The molecular weight excluding hydrogens is 443 g/mol. The zero-order valence-corrected chi connectivity index (χ0v) is 19.5. The minimum absolute atomic E-state index is 0.000293. The molecule has 34 heavy (non-hydrogen) atoms. The number of nitrogens with one attached hydrogen (secondary N) is 2. The molecule has 1 saturated carbocycles. The Morgan fingerprint density at radius 1 is 1.09 bits per heavy atom. The van der Waals surface area contributed by atoms with Crippen LogP contribution in [0.4, 0.5) is 13.2 Å². The minimum atomic E-state index is -4.62. The average Bonchev–Trinajstić information content (AvgIpc) is 3.55. The number of aliphatic hydroxyl groups is 1. The summed E-state index contributed by atoms with van der Waals surface area (Å²) in [5, 5.41) is 24.4. The van der Waals surface area contributed by atoms with Crippen molar-refractivity contribution in [3.05, 3.63) is 59.7 Å². The second kappa shape index (κ2) is 9.77. The van der Waals surface area contributed by atoms with Crippen LogP contribution in [-0.2, 0) is 10.4 Å². The molecule has 1 amide bonds. The van der Waals surface area contributed by atoms with Gasteiger partial charge in [0.1, 0.15) is 11.6 Å². The molecule has 1 aliphatic rings. The van der Waals surface area contributed by atoms with Crippen molar-refractivity contribution in [2.45, 2.75) is 75.9 Å². The van der Waals surface area contributed by atoms with Crippen LogP contribution in [0.15, 0.2) is 48.5 Å². The van der Waals surface area contributed by atoms with Gasteiger partial charge >= 0.3 is 6.18 Å². The van der Waals surface area contributed by atoms with E-state index in [1.54, 1.807) is 45.0 Å². The molecule has 0 saturated heterocycles. The molecule has 0 aliphatic heterocycles. The number of hydrogen-bond donors (Lipinski definition) is 3. The maximum Gasteiger partial charge on any atom is 0.407 e. The van der Waals surface area contributed by atoms with Crippen LogP contribution in [0.2, 0.25) is 0 Å². The maximum atomic E-state index is 14.0. The third kappa shape index (κ3) is 6.16. The van der Waals surface area contributed by atoms with Crippen molar-refractivity contribution >= 4 is 5.91 Å². The summed E-state index contributed by atoms with van der Waals surface area (Å²) in [6.07, 6.45) is -2.88. The Bertz CT molecular complexity index is 1030. The highest BCUT2D eigenvalue weighted by atomic mass is 19.4. The summed E-state index contributed by atoms with van der Waals surface area (Å²) in [5.74, 6) is -0.585. The van der Waals surface area contributed by atoms with Gasteiger partial charge in [-0.3, -0.25) is 10.1 Å². The van der Waals surface area contributed by atoms with E-state index in [-0.39, 0.29) is 12.0 Å². The third-order valence-corrected chi connectivity index (χ3v) is 6.08. The molecule has 0 spiro atoms. The molecule has 2 aromatic rings. The summed E-state index contributed by atoms with van der Waals surface area (Å²) < 4.78 is 42.0. The lowest BCUT2D eigenvalue weighted by Gasteiger charge is -2.28. The lowest BCUT2D eigenvalue weighted by atomic mass is 9.94. The van der Waals surface area contributed by atoms with Crippen LogP contribution >= 0.6 is 0 Å². The Morgan fingerprint density at radius 3 is 2.03 bits per heavy atom. The molecule has 3 rings (SSSR count). The Hall–Kier alpha value is -2.89. The van der Waals surface area contributed by atoms with E-state index in [1.165, 1.54) is 12.1 Å². The standard InChI is InChI=1S/C26H30F3N3O2/c1-4-5-21(23(33)32-25(16-30)14-15-25)31-22(26(27,28)29)19-8-6-17(7-9-19)18-10-12-20(13-11-18)24(2,3)34/h6-13,21-22,31,34H,4-5,14-15H2,1-3H3,(H,32,33)/t21-,22-/m0/s1. The average molecular weight is 474 g/mol. The lowest BCUT2D eigenvalue weighted by Crippen LogP contribution is -2.51. The first-order valence-electron chi connectivity index (χ1n) is 11.4. The molecule has 182 valence electrons. The van der Waals surface area contributed by atoms with Gasteiger partial charge in [0.05, 0.1) is 17.7 Å². The first kappa shape index (κ1) is 25.7. The van der Waals surface area contributed by atoms with E-state index in [1.807, 2.05) is 18.2 Å². The highest BCUT2D eigenvalue weighted by Gasteiger charge is 2.47. The van der Waals surface area contributed by atoms with Crippen molar-refractivity contribution in [1.29, 1.82) is 5.26 Å². The third-order valence-electron chi connectivity index (χ3n) is 6.08. The van der Waals surface area contributed by atoms with Gasteiger partial charge in [-0.15, -0.1) is 0 Å². The van der Waals surface area contributed by atoms with Crippen LogP contribution in [0.3, 0.4) is 0 Å². The van der Waals surface area contributed by atoms with Crippen LogP contribution in [0, 0.1) is 11.3 Å². The van der Waals surface area contributed by atoms with E-state index >= 15 is 0 Å². The Labute approximate surface area is 198 Å². The van der Waals surface area contributed by atoms with E-state index in [0.29, 0.717) is 19.3 Å². The Morgan fingerprint density at radius 2 is 1.62 bits per heavy atom. The predicted molar refractivity (Wildman–Crippen MR) is 123 cm³/mol. The normalized spacial score (nSPS) is 16.9. The molecule has 0 aromatic heterocycles. The molecule has 0 bridgehead atoms. The monoisotopic (exact) mass is 473 g/mol. The summed E-state index contributed by atoms with van der Waals surface area (Å²) in [5.41, 5.74) is 0.353.